The zero-order chi connectivity index (χ0) is 17.1. The van der Waals surface area contributed by atoms with Crippen molar-refractivity contribution in [3.8, 4) is 16.9 Å². The number of thiophene rings is 1. The predicted molar refractivity (Wildman–Crippen MR) is 98.9 cm³/mol. The summed E-state index contributed by atoms with van der Waals surface area (Å²) in [4.78, 5) is 10.0. The normalized spacial score (nSPS) is 12.3. The monoisotopic (exact) mass is 343 g/mol. The van der Waals surface area contributed by atoms with Crippen LogP contribution < -0.4 is 10.1 Å². The number of fused-ring (bicyclic) bond motifs is 1. The summed E-state index contributed by atoms with van der Waals surface area (Å²) in [6.07, 6.45) is -0.442. The van der Waals surface area contributed by atoms with Gasteiger partial charge in [0.1, 0.15) is 22.2 Å². The second kappa shape index (κ2) is 7.15. The van der Waals surface area contributed by atoms with Crippen LogP contribution in [0.15, 0.2) is 29.6 Å². The number of rotatable bonds is 6. The maximum Gasteiger partial charge on any atom is 0.139 e. The molecule has 0 aliphatic carbocycles. The quantitative estimate of drug-likeness (QED) is 0.711. The van der Waals surface area contributed by atoms with E-state index >= 15 is 0 Å². The minimum atomic E-state index is -0.442. The Morgan fingerprint density at radius 3 is 2.67 bits per heavy atom. The van der Waals surface area contributed by atoms with Gasteiger partial charge < -0.3 is 15.2 Å². The van der Waals surface area contributed by atoms with Gasteiger partial charge in [-0.15, -0.1) is 11.3 Å². The van der Waals surface area contributed by atoms with Crippen LogP contribution in [0.5, 0.6) is 5.75 Å². The van der Waals surface area contributed by atoms with Gasteiger partial charge in [0, 0.05) is 17.5 Å². The number of ether oxygens (including phenoxy) is 1. The Labute approximate surface area is 145 Å². The van der Waals surface area contributed by atoms with Crippen LogP contribution in [0.3, 0.4) is 0 Å². The van der Waals surface area contributed by atoms with Crippen LogP contribution in [0.4, 0.5) is 5.82 Å². The summed E-state index contributed by atoms with van der Waals surface area (Å²) in [5.41, 5.74) is 2.18. The van der Waals surface area contributed by atoms with Crippen LogP contribution in [0, 0.1) is 6.92 Å². The Morgan fingerprint density at radius 2 is 2.00 bits per heavy atom. The van der Waals surface area contributed by atoms with Gasteiger partial charge in [-0.1, -0.05) is 12.1 Å². The Kier molecular flexibility index (Phi) is 4.97. The molecule has 0 fully saturated rings. The summed E-state index contributed by atoms with van der Waals surface area (Å²) in [6, 6.07) is 8.04. The maximum atomic E-state index is 9.56. The van der Waals surface area contributed by atoms with Gasteiger partial charge in [-0.2, -0.15) is 0 Å². The van der Waals surface area contributed by atoms with Crippen molar-refractivity contribution in [2.45, 2.75) is 26.9 Å². The first-order valence-corrected chi connectivity index (χ1v) is 8.87. The summed E-state index contributed by atoms with van der Waals surface area (Å²) in [5.74, 6) is 2.35. The molecule has 0 aliphatic heterocycles. The van der Waals surface area contributed by atoms with Gasteiger partial charge in [0.05, 0.1) is 18.1 Å². The first-order chi connectivity index (χ1) is 11.6. The molecule has 2 aromatic heterocycles. The number of aliphatic hydroxyl groups excluding tert-OH is 1. The van der Waals surface area contributed by atoms with Gasteiger partial charge in [-0.25, -0.2) is 9.97 Å². The molecule has 2 N–H and O–H groups in total. The summed E-state index contributed by atoms with van der Waals surface area (Å²) < 4.78 is 5.51. The number of aryl methyl sites for hydroxylation is 1. The fraction of sp³-hybridized carbons (Fsp3) is 0.333. The molecular formula is C18H21N3O2S. The molecule has 5 nitrogen and oxygen atoms in total. The van der Waals surface area contributed by atoms with E-state index in [-0.39, 0.29) is 0 Å². The fourth-order valence-electron chi connectivity index (χ4n) is 2.53. The lowest BCUT2D eigenvalue weighted by molar-refractivity contribution is 0.208. The molecule has 2 heterocycles. The summed E-state index contributed by atoms with van der Waals surface area (Å²) in [5, 5.41) is 15.9. The van der Waals surface area contributed by atoms with Gasteiger partial charge >= 0.3 is 0 Å². The highest BCUT2D eigenvalue weighted by molar-refractivity contribution is 7.17. The van der Waals surface area contributed by atoms with E-state index in [1.165, 1.54) is 0 Å². The SMILES string of the molecule is CCOc1ccc(-c2csc3nc(C)nc(NCC(C)O)c23)cc1. The number of anilines is 1. The van der Waals surface area contributed by atoms with Crippen molar-refractivity contribution < 1.29 is 9.84 Å². The molecule has 1 aromatic carbocycles. The molecule has 0 amide bonds. The third-order valence-electron chi connectivity index (χ3n) is 3.59. The van der Waals surface area contributed by atoms with Crippen molar-refractivity contribution >= 4 is 27.4 Å². The van der Waals surface area contributed by atoms with Crippen LogP contribution in [0.1, 0.15) is 19.7 Å². The van der Waals surface area contributed by atoms with Crippen LogP contribution in [-0.4, -0.2) is 34.3 Å². The Balaban J connectivity index is 2.04. The minimum absolute atomic E-state index is 0.442. The van der Waals surface area contributed by atoms with E-state index in [9.17, 15) is 5.11 Å². The van der Waals surface area contributed by atoms with E-state index in [1.54, 1.807) is 18.3 Å². The van der Waals surface area contributed by atoms with Crippen molar-refractivity contribution in [1.29, 1.82) is 0 Å². The van der Waals surface area contributed by atoms with Gasteiger partial charge in [0.2, 0.25) is 0 Å². The average Bonchev–Trinajstić information content (AvgIpc) is 2.97. The zero-order valence-electron chi connectivity index (χ0n) is 14.0. The standard InChI is InChI=1S/C18H21N3O2S/c1-4-23-14-7-5-13(6-8-14)15-10-24-18-16(15)17(19-9-11(2)22)20-12(3)21-18/h5-8,10-11,22H,4,9H2,1-3H3,(H,19,20,21). The van der Waals surface area contributed by atoms with Crippen molar-refractivity contribution in [3.05, 3.63) is 35.5 Å². The van der Waals surface area contributed by atoms with Gasteiger partial charge in [-0.3, -0.25) is 0 Å². The molecule has 0 saturated heterocycles. The highest BCUT2D eigenvalue weighted by Crippen LogP contribution is 2.37. The molecule has 0 aliphatic rings. The Bertz CT molecular complexity index is 828. The van der Waals surface area contributed by atoms with E-state index in [0.29, 0.717) is 13.2 Å². The van der Waals surface area contributed by atoms with Crippen molar-refractivity contribution in [2.24, 2.45) is 0 Å². The number of aromatic nitrogens is 2. The molecule has 3 rings (SSSR count). The largest absolute Gasteiger partial charge is 0.494 e. The number of hydrogen-bond acceptors (Lipinski definition) is 6. The fourth-order valence-corrected chi connectivity index (χ4v) is 3.52. The van der Waals surface area contributed by atoms with Crippen molar-refractivity contribution in [3.63, 3.8) is 0 Å². The third-order valence-corrected chi connectivity index (χ3v) is 4.46. The Morgan fingerprint density at radius 1 is 1.25 bits per heavy atom. The summed E-state index contributed by atoms with van der Waals surface area (Å²) >= 11 is 1.60. The minimum Gasteiger partial charge on any atom is -0.494 e. The average molecular weight is 343 g/mol. The van der Waals surface area contributed by atoms with Gasteiger partial charge in [-0.05, 0) is 38.5 Å². The molecule has 0 saturated carbocycles. The number of nitrogens with one attached hydrogen (secondary N) is 1. The Hall–Kier alpha value is -2.18. The third kappa shape index (κ3) is 3.49. The molecule has 3 aromatic rings. The maximum absolute atomic E-state index is 9.56. The predicted octanol–water partition coefficient (Wildman–Crippen LogP) is 3.86. The molecule has 6 heteroatoms. The van der Waals surface area contributed by atoms with Gasteiger partial charge in [0.25, 0.3) is 0 Å². The topological polar surface area (TPSA) is 67.3 Å². The molecule has 1 unspecified atom stereocenters. The molecular weight excluding hydrogens is 322 g/mol. The highest BCUT2D eigenvalue weighted by atomic mass is 32.1. The van der Waals surface area contributed by atoms with Crippen LogP contribution in [0.25, 0.3) is 21.3 Å². The second-order valence-electron chi connectivity index (χ2n) is 5.64. The first kappa shape index (κ1) is 16.7. The summed E-state index contributed by atoms with van der Waals surface area (Å²) in [7, 11) is 0. The molecule has 126 valence electrons. The van der Waals surface area contributed by atoms with E-state index in [0.717, 1.165) is 38.7 Å². The molecule has 24 heavy (non-hydrogen) atoms. The molecule has 0 radical (unpaired) electrons. The van der Waals surface area contributed by atoms with Crippen LogP contribution in [-0.2, 0) is 0 Å². The number of benzene rings is 1. The first-order valence-electron chi connectivity index (χ1n) is 7.99. The smallest absolute Gasteiger partial charge is 0.139 e. The highest BCUT2D eigenvalue weighted by Gasteiger charge is 2.14. The number of nitrogens with zero attached hydrogens (tertiary/aromatic N) is 2. The molecule has 1 atom stereocenters. The lowest BCUT2D eigenvalue weighted by Crippen LogP contribution is -2.16. The van der Waals surface area contributed by atoms with Crippen molar-refractivity contribution in [2.75, 3.05) is 18.5 Å². The van der Waals surface area contributed by atoms with Crippen LogP contribution in [0.2, 0.25) is 0 Å². The summed E-state index contributed by atoms with van der Waals surface area (Å²) in [6.45, 7) is 6.70. The lowest BCUT2D eigenvalue weighted by Gasteiger charge is -2.11. The van der Waals surface area contributed by atoms with Gasteiger partial charge in [0.15, 0.2) is 0 Å². The lowest BCUT2D eigenvalue weighted by atomic mass is 10.1. The molecule has 0 bridgehead atoms. The second-order valence-corrected chi connectivity index (χ2v) is 6.49. The number of hydrogen-bond donors (Lipinski definition) is 2. The molecule has 0 spiro atoms. The van der Waals surface area contributed by atoms with E-state index < -0.39 is 6.10 Å². The number of aliphatic hydroxyl groups is 1. The zero-order valence-corrected chi connectivity index (χ0v) is 14.9. The van der Waals surface area contributed by atoms with E-state index in [4.69, 9.17) is 4.74 Å². The van der Waals surface area contributed by atoms with Crippen molar-refractivity contribution in [1.82, 2.24) is 9.97 Å². The van der Waals surface area contributed by atoms with Crippen LogP contribution >= 0.6 is 11.3 Å². The van der Waals surface area contributed by atoms with E-state index in [2.05, 4.69) is 20.7 Å². The van der Waals surface area contributed by atoms with E-state index in [1.807, 2.05) is 38.1 Å².